The van der Waals surface area contributed by atoms with Crippen LogP contribution in [0.2, 0.25) is 0 Å². The fourth-order valence-electron chi connectivity index (χ4n) is 0.836. The van der Waals surface area contributed by atoms with Crippen LogP contribution in [-0.4, -0.2) is 25.7 Å². The topological polar surface area (TPSA) is 38.3 Å². The summed E-state index contributed by atoms with van der Waals surface area (Å²) in [6.07, 6.45) is 0. The second-order valence-electron chi connectivity index (χ2n) is 3.37. The lowest BCUT2D eigenvalue weighted by Gasteiger charge is -2.25. The lowest BCUT2D eigenvalue weighted by molar-refractivity contribution is -0.138. The Labute approximate surface area is 67.1 Å². The molecule has 0 spiro atoms. The highest BCUT2D eigenvalue weighted by molar-refractivity contribution is 5.79. The Hall–Kier alpha value is -0.570. The third kappa shape index (κ3) is 2.50. The number of carbonyl (C=O) groups is 1. The van der Waals surface area contributed by atoms with Crippen LogP contribution in [-0.2, 0) is 9.53 Å². The maximum absolute atomic E-state index is 11.1. The van der Waals surface area contributed by atoms with Gasteiger partial charge in [-0.25, -0.2) is 0 Å². The fraction of sp³-hybridized carbons (Fsp3) is 0.875. The predicted octanol–water partition coefficient (Wildman–Crippen LogP) is 0.405. The lowest BCUT2D eigenvalue weighted by Crippen LogP contribution is -2.43. The van der Waals surface area contributed by atoms with Crippen molar-refractivity contribution >= 4 is 5.91 Å². The first-order chi connectivity index (χ1) is 5.20. The molecule has 1 heterocycles. The summed E-state index contributed by atoms with van der Waals surface area (Å²) < 4.78 is 4.90. The summed E-state index contributed by atoms with van der Waals surface area (Å²) in [6.45, 7) is 6.14. The molecule has 3 nitrogen and oxygen atoms in total. The van der Waals surface area contributed by atoms with Crippen LogP contribution in [0.15, 0.2) is 0 Å². The minimum Gasteiger partial charge on any atom is -0.380 e. The molecule has 1 rings (SSSR count). The van der Waals surface area contributed by atoms with E-state index in [9.17, 15) is 4.79 Å². The van der Waals surface area contributed by atoms with Crippen molar-refractivity contribution < 1.29 is 9.53 Å². The van der Waals surface area contributed by atoms with Crippen molar-refractivity contribution in [3.05, 3.63) is 0 Å². The Balaban J connectivity index is 2.10. The Morgan fingerprint density at radius 3 is 2.64 bits per heavy atom. The Morgan fingerprint density at radius 1 is 1.64 bits per heavy atom. The summed E-state index contributed by atoms with van der Waals surface area (Å²) in [6, 6.07) is 0. The molecular formula is C8H15NO2. The maximum Gasteiger partial charge on any atom is 0.227 e. The molecule has 1 saturated heterocycles. The van der Waals surface area contributed by atoms with E-state index in [4.69, 9.17) is 4.74 Å². The van der Waals surface area contributed by atoms with Crippen LogP contribution in [0.1, 0.15) is 13.8 Å². The SMILES string of the molecule is CC(C)CNC(=O)C1COC1. The first-order valence-electron chi connectivity index (χ1n) is 4.05. The van der Waals surface area contributed by atoms with Gasteiger partial charge in [0, 0.05) is 6.54 Å². The van der Waals surface area contributed by atoms with Gasteiger partial charge >= 0.3 is 0 Å². The zero-order valence-corrected chi connectivity index (χ0v) is 7.09. The van der Waals surface area contributed by atoms with Crippen molar-refractivity contribution in [3.8, 4) is 0 Å². The maximum atomic E-state index is 11.1. The third-order valence-electron chi connectivity index (χ3n) is 1.69. The molecule has 0 bridgehead atoms. The van der Waals surface area contributed by atoms with E-state index in [0.29, 0.717) is 19.1 Å². The van der Waals surface area contributed by atoms with E-state index < -0.39 is 0 Å². The van der Waals surface area contributed by atoms with E-state index in [1.54, 1.807) is 0 Å². The second-order valence-corrected chi connectivity index (χ2v) is 3.37. The summed E-state index contributed by atoms with van der Waals surface area (Å²) in [4.78, 5) is 11.1. The molecule has 0 radical (unpaired) electrons. The minimum atomic E-state index is 0.119. The van der Waals surface area contributed by atoms with Crippen molar-refractivity contribution in [3.63, 3.8) is 0 Å². The van der Waals surface area contributed by atoms with Crippen LogP contribution in [0, 0.1) is 11.8 Å². The first kappa shape index (κ1) is 8.53. The minimum absolute atomic E-state index is 0.119. The molecule has 1 fully saturated rings. The summed E-state index contributed by atoms with van der Waals surface area (Å²) in [7, 11) is 0. The van der Waals surface area contributed by atoms with Gasteiger partial charge in [0.2, 0.25) is 5.91 Å². The largest absolute Gasteiger partial charge is 0.380 e. The number of hydrogen-bond donors (Lipinski definition) is 1. The van der Waals surface area contributed by atoms with E-state index >= 15 is 0 Å². The number of rotatable bonds is 3. The molecule has 0 saturated carbocycles. The number of ether oxygens (including phenoxy) is 1. The van der Waals surface area contributed by atoms with E-state index in [0.717, 1.165) is 6.54 Å². The van der Waals surface area contributed by atoms with Crippen LogP contribution in [0.3, 0.4) is 0 Å². The second kappa shape index (κ2) is 3.72. The van der Waals surface area contributed by atoms with E-state index in [1.807, 2.05) is 0 Å². The highest BCUT2D eigenvalue weighted by atomic mass is 16.5. The third-order valence-corrected chi connectivity index (χ3v) is 1.69. The smallest absolute Gasteiger partial charge is 0.227 e. The quantitative estimate of drug-likeness (QED) is 0.644. The summed E-state index contributed by atoms with van der Waals surface area (Å²) in [5.41, 5.74) is 0. The van der Waals surface area contributed by atoms with Crippen molar-refractivity contribution in [2.24, 2.45) is 11.8 Å². The average Bonchev–Trinajstić information content (AvgIpc) is 1.79. The molecule has 0 aromatic heterocycles. The van der Waals surface area contributed by atoms with E-state index in [2.05, 4.69) is 19.2 Å². The van der Waals surface area contributed by atoms with Crippen molar-refractivity contribution in [1.29, 1.82) is 0 Å². The lowest BCUT2D eigenvalue weighted by atomic mass is 10.1. The molecule has 0 aromatic carbocycles. The molecule has 0 aromatic rings. The molecule has 1 amide bonds. The predicted molar refractivity (Wildman–Crippen MR) is 42.2 cm³/mol. The van der Waals surface area contributed by atoms with Gasteiger partial charge in [-0.15, -0.1) is 0 Å². The monoisotopic (exact) mass is 157 g/mol. The molecule has 1 N–H and O–H groups in total. The molecule has 0 aliphatic carbocycles. The van der Waals surface area contributed by atoms with Gasteiger partial charge in [0.15, 0.2) is 0 Å². The molecule has 0 atom stereocenters. The van der Waals surface area contributed by atoms with Crippen LogP contribution in [0.25, 0.3) is 0 Å². The van der Waals surface area contributed by atoms with Crippen LogP contribution >= 0.6 is 0 Å². The van der Waals surface area contributed by atoms with E-state index in [-0.39, 0.29) is 11.8 Å². The highest BCUT2D eigenvalue weighted by Crippen LogP contribution is 2.09. The Kier molecular flexibility index (Phi) is 2.88. The van der Waals surface area contributed by atoms with Gasteiger partial charge in [0.05, 0.1) is 19.1 Å². The first-order valence-corrected chi connectivity index (χ1v) is 4.05. The van der Waals surface area contributed by atoms with Crippen LogP contribution in [0.4, 0.5) is 0 Å². The van der Waals surface area contributed by atoms with Crippen molar-refractivity contribution in [2.75, 3.05) is 19.8 Å². The van der Waals surface area contributed by atoms with E-state index in [1.165, 1.54) is 0 Å². The summed E-state index contributed by atoms with van der Waals surface area (Å²) in [5, 5.41) is 2.87. The Bertz CT molecular complexity index is 141. The molecule has 1 aliphatic rings. The molecule has 0 unspecified atom stereocenters. The molecule has 1 aliphatic heterocycles. The zero-order valence-electron chi connectivity index (χ0n) is 7.09. The van der Waals surface area contributed by atoms with Crippen LogP contribution in [0.5, 0.6) is 0 Å². The summed E-state index contributed by atoms with van der Waals surface area (Å²) >= 11 is 0. The number of amides is 1. The molecule has 3 heteroatoms. The van der Waals surface area contributed by atoms with Crippen molar-refractivity contribution in [1.82, 2.24) is 5.32 Å². The molecule has 64 valence electrons. The van der Waals surface area contributed by atoms with Gasteiger partial charge in [-0.05, 0) is 5.92 Å². The van der Waals surface area contributed by atoms with Gasteiger partial charge in [-0.1, -0.05) is 13.8 Å². The fourth-order valence-corrected chi connectivity index (χ4v) is 0.836. The van der Waals surface area contributed by atoms with Gasteiger partial charge in [-0.3, -0.25) is 4.79 Å². The zero-order chi connectivity index (χ0) is 8.27. The Morgan fingerprint density at radius 2 is 2.27 bits per heavy atom. The van der Waals surface area contributed by atoms with Gasteiger partial charge < -0.3 is 10.1 Å². The highest BCUT2D eigenvalue weighted by Gasteiger charge is 2.25. The normalized spacial score (nSPS) is 18.1. The molecule has 11 heavy (non-hydrogen) atoms. The van der Waals surface area contributed by atoms with Gasteiger partial charge in [-0.2, -0.15) is 0 Å². The summed E-state index contributed by atoms with van der Waals surface area (Å²) in [5.74, 6) is 0.790. The van der Waals surface area contributed by atoms with Crippen LogP contribution < -0.4 is 5.32 Å². The average molecular weight is 157 g/mol. The molecular weight excluding hydrogens is 142 g/mol. The number of hydrogen-bond acceptors (Lipinski definition) is 2. The van der Waals surface area contributed by atoms with Gasteiger partial charge in [0.1, 0.15) is 0 Å². The standard InChI is InChI=1S/C8H15NO2/c1-6(2)3-9-8(10)7-4-11-5-7/h6-7H,3-5H2,1-2H3,(H,9,10). The number of nitrogens with one attached hydrogen (secondary N) is 1. The van der Waals surface area contributed by atoms with Crippen molar-refractivity contribution in [2.45, 2.75) is 13.8 Å². The number of carbonyl (C=O) groups excluding carboxylic acids is 1. The van der Waals surface area contributed by atoms with Gasteiger partial charge in [0.25, 0.3) is 0 Å².